The summed E-state index contributed by atoms with van der Waals surface area (Å²) in [6.45, 7) is 0.906. The molecular weight excluding hydrogens is 286 g/mol. The first-order valence-electron chi connectivity index (χ1n) is 5.94. The molecular formula is C16H13BrN+. The summed E-state index contributed by atoms with van der Waals surface area (Å²) < 4.78 is 3.36. The van der Waals surface area contributed by atoms with Crippen LogP contribution < -0.4 is 4.57 Å². The number of hydrogen-bond acceptors (Lipinski definition) is 0. The SMILES string of the molecule is Brc1cccc2c[n+](Cc3ccccc3)ccc12. The average molecular weight is 299 g/mol. The molecule has 1 heterocycles. The summed E-state index contributed by atoms with van der Waals surface area (Å²) in [4.78, 5) is 0. The van der Waals surface area contributed by atoms with Crippen molar-refractivity contribution >= 4 is 26.7 Å². The number of pyridine rings is 1. The van der Waals surface area contributed by atoms with Crippen molar-refractivity contribution in [3.8, 4) is 0 Å². The van der Waals surface area contributed by atoms with Gasteiger partial charge in [-0.2, -0.15) is 0 Å². The van der Waals surface area contributed by atoms with Crippen molar-refractivity contribution in [2.45, 2.75) is 6.54 Å². The standard InChI is InChI=1S/C16H13BrN/c17-16-8-4-7-14-12-18(10-9-15(14)16)11-13-5-2-1-3-6-13/h1-10,12H,11H2/q+1. The van der Waals surface area contributed by atoms with E-state index >= 15 is 0 Å². The van der Waals surface area contributed by atoms with Crippen molar-refractivity contribution in [2.75, 3.05) is 0 Å². The fourth-order valence-corrected chi connectivity index (χ4v) is 2.64. The van der Waals surface area contributed by atoms with Crippen LogP contribution in [0.15, 0.2) is 71.5 Å². The summed E-state index contributed by atoms with van der Waals surface area (Å²) in [5.41, 5.74) is 1.32. The Morgan fingerprint density at radius 3 is 2.56 bits per heavy atom. The van der Waals surface area contributed by atoms with Gasteiger partial charge in [0, 0.05) is 26.9 Å². The Balaban J connectivity index is 1.99. The first kappa shape index (κ1) is 11.4. The normalized spacial score (nSPS) is 10.7. The van der Waals surface area contributed by atoms with Gasteiger partial charge in [-0.25, -0.2) is 4.57 Å². The van der Waals surface area contributed by atoms with Gasteiger partial charge in [-0.05, 0) is 12.1 Å². The number of aromatic nitrogens is 1. The summed E-state index contributed by atoms with van der Waals surface area (Å²) in [6, 6.07) is 18.9. The van der Waals surface area contributed by atoms with Crippen LogP contribution in [0.1, 0.15) is 5.56 Å². The lowest BCUT2D eigenvalue weighted by Crippen LogP contribution is -2.33. The van der Waals surface area contributed by atoms with Gasteiger partial charge < -0.3 is 0 Å². The van der Waals surface area contributed by atoms with E-state index in [4.69, 9.17) is 0 Å². The van der Waals surface area contributed by atoms with E-state index in [0.29, 0.717) is 0 Å². The summed E-state index contributed by atoms with van der Waals surface area (Å²) in [5.74, 6) is 0. The van der Waals surface area contributed by atoms with E-state index in [2.05, 4.69) is 81.4 Å². The topological polar surface area (TPSA) is 3.88 Å². The highest BCUT2D eigenvalue weighted by Gasteiger charge is 2.05. The molecule has 88 valence electrons. The third kappa shape index (κ3) is 2.29. The second-order valence-electron chi connectivity index (χ2n) is 4.35. The minimum atomic E-state index is 0.906. The summed E-state index contributed by atoms with van der Waals surface area (Å²) >= 11 is 3.58. The predicted octanol–water partition coefficient (Wildman–Crippen LogP) is 3.94. The zero-order chi connectivity index (χ0) is 12.4. The predicted molar refractivity (Wildman–Crippen MR) is 77.4 cm³/mol. The van der Waals surface area contributed by atoms with Gasteiger partial charge in [-0.3, -0.25) is 0 Å². The second-order valence-corrected chi connectivity index (χ2v) is 5.20. The van der Waals surface area contributed by atoms with Crippen LogP contribution in [-0.2, 0) is 6.54 Å². The van der Waals surface area contributed by atoms with Crippen molar-refractivity contribution in [3.05, 3.63) is 77.0 Å². The van der Waals surface area contributed by atoms with Gasteiger partial charge in [0.25, 0.3) is 0 Å². The molecule has 0 bridgehead atoms. The molecule has 3 rings (SSSR count). The van der Waals surface area contributed by atoms with E-state index in [1.807, 2.05) is 6.07 Å². The largest absolute Gasteiger partial charge is 0.200 e. The molecule has 1 nitrogen and oxygen atoms in total. The molecule has 0 unspecified atom stereocenters. The van der Waals surface area contributed by atoms with Crippen LogP contribution in [0.3, 0.4) is 0 Å². The van der Waals surface area contributed by atoms with Gasteiger partial charge in [0.1, 0.15) is 0 Å². The van der Waals surface area contributed by atoms with Gasteiger partial charge >= 0.3 is 0 Å². The van der Waals surface area contributed by atoms with Crippen molar-refractivity contribution in [2.24, 2.45) is 0 Å². The molecule has 0 N–H and O–H groups in total. The summed E-state index contributed by atoms with van der Waals surface area (Å²) in [7, 11) is 0. The maximum absolute atomic E-state index is 3.58. The van der Waals surface area contributed by atoms with Crippen LogP contribution >= 0.6 is 15.9 Å². The zero-order valence-electron chi connectivity index (χ0n) is 9.88. The minimum absolute atomic E-state index is 0.906. The van der Waals surface area contributed by atoms with Crippen LogP contribution in [0.2, 0.25) is 0 Å². The highest BCUT2D eigenvalue weighted by molar-refractivity contribution is 9.10. The number of fused-ring (bicyclic) bond motifs is 1. The number of hydrogen-bond donors (Lipinski definition) is 0. The van der Waals surface area contributed by atoms with Crippen LogP contribution in [0.25, 0.3) is 10.8 Å². The molecule has 0 aliphatic heterocycles. The molecule has 3 aromatic rings. The van der Waals surface area contributed by atoms with E-state index in [-0.39, 0.29) is 0 Å². The number of halogens is 1. The lowest BCUT2D eigenvalue weighted by Gasteiger charge is -2.01. The van der Waals surface area contributed by atoms with E-state index in [9.17, 15) is 0 Å². The molecule has 0 amide bonds. The Bertz CT molecular complexity index is 677. The number of rotatable bonds is 2. The Labute approximate surface area is 115 Å². The third-order valence-electron chi connectivity index (χ3n) is 3.03. The molecule has 0 fully saturated rings. The maximum Gasteiger partial charge on any atom is 0.177 e. The third-order valence-corrected chi connectivity index (χ3v) is 3.72. The van der Waals surface area contributed by atoms with Crippen LogP contribution in [0.5, 0.6) is 0 Å². The smallest absolute Gasteiger partial charge is 0.177 e. The molecule has 2 aromatic carbocycles. The molecule has 0 saturated heterocycles. The molecule has 0 radical (unpaired) electrons. The van der Waals surface area contributed by atoms with Crippen molar-refractivity contribution < 1.29 is 4.57 Å². The quantitative estimate of drug-likeness (QED) is 0.631. The highest BCUT2D eigenvalue weighted by atomic mass is 79.9. The number of benzene rings is 2. The first-order valence-corrected chi connectivity index (χ1v) is 6.73. The zero-order valence-corrected chi connectivity index (χ0v) is 11.5. The number of nitrogens with zero attached hydrogens (tertiary/aromatic N) is 1. The Morgan fingerprint density at radius 1 is 0.889 bits per heavy atom. The lowest BCUT2D eigenvalue weighted by molar-refractivity contribution is -0.687. The van der Waals surface area contributed by atoms with E-state index in [1.54, 1.807) is 0 Å². The van der Waals surface area contributed by atoms with Gasteiger partial charge in [-0.1, -0.05) is 52.3 Å². The molecule has 18 heavy (non-hydrogen) atoms. The van der Waals surface area contributed by atoms with Crippen molar-refractivity contribution in [1.29, 1.82) is 0 Å². The molecule has 0 atom stereocenters. The van der Waals surface area contributed by atoms with Crippen LogP contribution in [-0.4, -0.2) is 0 Å². The fraction of sp³-hybridized carbons (Fsp3) is 0.0625. The Kier molecular flexibility index (Phi) is 3.11. The maximum atomic E-state index is 3.58. The molecule has 0 saturated carbocycles. The minimum Gasteiger partial charge on any atom is -0.200 e. The monoisotopic (exact) mass is 298 g/mol. The summed E-state index contributed by atoms with van der Waals surface area (Å²) in [5, 5.41) is 2.50. The Morgan fingerprint density at radius 2 is 1.72 bits per heavy atom. The average Bonchev–Trinajstić information content (AvgIpc) is 2.40. The first-order chi connectivity index (χ1) is 8.83. The molecule has 1 aromatic heterocycles. The molecule has 0 aliphatic carbocycles. The lowest BCUT2D eigenvalue weighted by atomic mass is 10.1. The van der Waals surface area contributed by atoms with E-state index in [1.165, 1.54) is 16.3 Å². The molecule has 2 heteroatoms. The van der Waals surface area contributed by atoms with Gasteiger partial charge in [0.15, 0.2) is 18.9 Å². The van der Waals surface area contributed by atoms with Gasteiger partial charge in [-0.15, -0.1) is 0 Å². The second kappa shape index (κ2) is 4.91. The van der Waals surface area contributed by atoms with E-state index in [0.717, 1.165) is 11.0 Å². The Hall–Kier alpha value is -1.67. The summed E-state index contributed by atoms with van der Waals surface area (Å²) in [6.07, 6.45) is 4.31. The van der Waals surface area contributed by atoms with Crippen molar-refractivity contribution in [1.82, 2.24) is 0 Å². The van der Waals surface area contributed by atoms with E-state index < -0.39 is 0 Å². The molecule has 0 aliphatic rings. The van der Waals surface area contributed by atoms with Gasteiger partial charge in [0.05, 0.1) is 0 Å². The van der Waals surface area contributed by atoms with Crippen LogP contribution in [0, 0.1) is 0 Å². The van der Waals surface area contributed by atoms with Crippen molar-refractivity contribution in [3.63, 3.8) is 0 Å². The fourth-order valence-electron chi connectivity index (χ4n) is 2.13. The highest BCUT2D eigenvalue weighted by Crippen LogP contribution is 2.21. The van der Waals surface area contributed by atoms with Crippen LogP contribution in [0.4, 0.5) is 0 Å². The molecule has 0 spiro atoms. The van der Waals surface area contributed by atoms with Gasteiger partial charge in [0.2, 0.25) is 0 Å².